The molecule has 0 spiro atoms. The first-order valence-electron chi connectivity index (χ1n) is 6.53. The van der Waals surface area contributed by atoms with E-state index in [2.05, 4.69) is 5.32 Å². The Morgan fingerprint density at radius 3 is 2.89 bits per heavy atom. The third-order valence-electron chi connectivity index (χ3n) is 3.89. The van der Waals surface area contributed by atoms with Crippen molar-refractivity contribution in [1.29, 1.82) is 0 Å². The van der Waals surface area contributed by atoms with Crippen molar-refractivity contribution in [3.05, 3.63) is 18.2 Å². The number of aliphatic hydroxyl groups excluding tert-OH is 1. The van der Waals surface area contributed by atoms with Crippen molar-refractivity contribution in [3.63, 3.8) is 0 Å². The van der Waals surface area contributed by atoms with Crippen molar-refractivity contribution in [2.45, 2.75) is 19.3 Å². The first-order chi connectivity index (χ1) is 8.76. The summed E-state index contributed by atoms with van der Waals surface area (Å²) in [5.41, 5.74) is 7.58. The lowest BCUT2D eigenvalue weighted by Gasteiger charge is -2.19. The number of benzene rings is 1. The van der Waals surface area contributed by atoms with E-state index >= 15 is 0 Å². The molecule has 2 atom stereocenters. The topological polar surface area (TPSA) is 67.5 Å². The van der Waals surface area contributed by atoms with E-state index in [0.29, 0.717) is 29.9 Å². The molecule has 0 amide bonds. The van der Waals surface area contributed by atoms with E-state index in [0.717, 1.165) is 18.7 Å². The van der Waals surface area contributed by atoms with E-state index in [9.17, 15) is 5.11 Å². The number of methoxy groups -OCH3 is 1. The zero-order valence-corrected chi connectivity index (χ0v) is 10.9. The van der Waals surface area contributed by atoms with Crippen LogP contribution in [-0.4, -0.2) is 25.4 Å². The predicted molar refractivity (Wildman–Crippen MR) is 73.8 cm³/mol. The van der Waals surface area contributed by atoms with Gasteiger partial charge in [-0.3, -0.25) is 0 Å². The van der Waals surface area contributed by atoms with E-state index in [1.165, 1.54) is 12.8 Å². The molecule has 0 aromatic heterocycles. The molecule has 4 heteroatoms. The van der Waals surface area contributed by atoms with Crippen molar-refractivity contribution in [2.75, 3.05) is 31.3 Å². The molecule has 1 aliphatic carbocycles. The number of nitrogens with one attached hydrogen (secondary N) is 1. The molecule has 0 radical (unpaired) electrons. The maximum Gasteiger partial charge on any atom is 0.143 e. The van der Waals surface area contributed by atoms with Crippen LogP contribution in [0, 0.1) is 11.8 Å². The summed E-state index contributed by atoms with van der Waals surface area (Å²) in [6.07, 6.45) is 3.53. The molecule has 1 aromatic carbocycles. The van der Waals surface area contributed by atoms with Crippen molar-refractivity contribution < 1.29 is 9.84 Å². The van der Waals surface area contributed by atoms with Gasteiger partial charge in [0, 0.05) is 13.2 Å². The van der Waals surface area contributed by atoms with Crippen LogP contribution in [0.1, 0.15) is 19.3 Å². The fraction of sp³-hybridized carbons (Fsp3) is 0.571. The first-order valence-corrected chi connectivity index (χ1v) is 6.53. The highest BCUT2D eigenvalue weighted by molar-refractivity contribution is 5.72. The molecule has 4 nitrogen and oxygen atoms in total. The number of hydrogen-bond donors (Lipinski definition) is 3. The van der Waals surface area contributed by atoms with Crippen LogP contribution in [0.3, 0.4) is 0 Å². The second-order valence-electron chi connectivity index (χ2n) is 4.94. The van der Waals surface area contributed by atoms with Gasteiger partial charge in [-0.15, -0.1) is 0 Å². The molecular weight excluding hydrogens is 228 g/mol. The molecular formula is C14H22N2O2. The summed E-state index contributed by atoms with van der Waals surface area (Å²) in [7, 11) is 1.62. The minimum absolute atomic E-state index is 0.292. The maximum absolute atomic E-state index is 9.30. The van der Waals surface area contributed by atoms with Crippen LogP contribution in [0.5, 0.6) is 5.75 Å². The van der Waals surface area contributed by atoms with Crippen LogP contribution in [0.15, 0.2) is 18.2 Å². The van der Waals surface area contributed by atoms with Crippen molar-refractivity contribution >= 4 is 11.4 Å². The maximum atomic E-state index is 9.30. The largest absolute Gasteiger partial charge is 0.495 e. The Morgan fingerprint density at radius 2 is 2.17 bits per heavy atom. The Labute approximate surface area is 108 Å². The Hall–Kier alpha value is -1.42. The summed E-state index contributed by atoms with van der Waals surface area (Å²) >= 11 is 0. The van der Waals surface area contributed by atoms with Gasteiger partial charge in [0.1, 0.15) is 5.75 Å². The van der Waals surface area contributed by atoms with Crippen LogP contribution in [0.4, 0.5) is 11.4 Å². The second kappa shape index (κ2) is 5.96. The summed E-state index contributed by atoms with van der Waals surface area (Å²) < 4.78 is 5.19. The molecule has 1 saturated carbocycles. The van der Waals surface area contributed by atoms with Crippen molar-refractivity contribution in [3.8, 4) is 5.75 Å². The number of rotatable bonds is 5. The standard InChI is InChI=1S/C14H22N2O2/c1-18-13-7-3-6-12(14(13)15)16-8-10-4-2-5-11(10)9-17/h3,6-7,10-11,16-17H,2,4-5,8-9,15H2,1H3. The average Bonchev–Trinajstić information content (AvgIpc) is 2.85. The van der Waals surface area contributed by atoms with Crippen LogP contribution < -0.4 is 15.8 Å². The molecule has 0 saturated heterocycles. The molecule has 0 heterocycles. The molecule has 1 aliphatic rings. The Bertz CT molecular complexity index is 395. The monoisotopic (exact) mass is 250 g/mol. The van der Waals surface area contributed by atoms with E-state index in [4.69, 9.17) is 10.5 Å². The Balaban J connectivity index is 1.98. The number of hydrogen-bond acceptors (Lipinski definition) is 4. The van der Waals surface area contributed by atoms with Gasteiger partial charge in [-0.1, -0.05) is 12.5 Å². The lowest BCUT2D eigenvalue weighted by Crippen LogP contribution is -2.21. The molecule has 2 unspecified atom stereocenters. The van der Waals surface area contributed by atoms with Crippen molar-refractivity contribution in [1.82, 2.24) is 0 Å². The average molecular weight is 250 g/mol. The lowest BCUT2D eigenvalue weighted by atomic mass is 9.97. The quantitative estimate of drug-likeness (QED) is 0.700. The van der Waals surface area contributed by atoms with E-state index < -0.39 is 0 Å². The highest BCUT2D eigenvalue weighted by Crippen LogP contribution is 2.33. The van der Waals surface area contributed by atoms with Crippen LogP contribution in [-0.2, 0) is 0 Å². The zero-order chi connectivity index (χ0) is 13.0. The van der Waals surface area contributed by atoms with Gasteiger partial charge in [0.05, 0.1) is 18.5 Å². The normalized spacial score (nSPS) is 23.0. The number of anilines is 2. The fourth-order valence-corrected chi connectivity index (χ4v) is 2.74. The third kappa shape index (κ3) is 2.70. The second-order valence-corrected chi connectivity index (χ2v) is 4.94. The smallest absolute Gasteiger partial charge is 0.143 e. The van der Waals surface area contributed by atoms with Crippen LogP contribution in [0.2, 0.25) is 0 Å². The molecule has 2 rings (SSSR count). The van der Waals surface area contributed by atoms with E-state index in [-0.39, 0.29) is 0 Å². The van der Waals surface area contributed by atoms with Crippen LogP contribution >= 0.6 is 0 Å². The summed E-state index contributed by atoms with van der Waals surface area (Å²) in [5, 5.41) is 12.7. The molecule has 0 bridgehead atoms. The lowest BCUT2D eigenvalue weighted by molar-refractivity contribution is 0.199. The molecule has 0 aliphatic heterocycles. The Morgan fingerprint density at radius 1 is 1.39 bits per heavy atom. The highest BCUT2D eigenvalue weighted by atomic mass is 16.5. The first kappa shape index (κ1) is 13.0. The highest BCUT2D eigenvalue weighted by Gasteiger charge is 2.26. The van der Waals surface area contributed by atoms with Gasteiger partial charge in [0.15, 0.2) is 0 Å². The van der Waals surface area contributed by atoms with Gasteiger partial charge < -0.3 is 20.9 Å². The summed E-state index contributed by atoms with van der Waals surface area (Å²) in [6.45, 7) is 1.16. The molecule has 1 aromatic rings. The zero-order valence-electron chi connectivity index (χ0n) is 10.9. The number of ether oxygens (including phenoxy) is 1. The van der Waals surface area contributed by atoms with E-state index in [1.807, 2.05) is 18.2 Å². The van der Waals surface area contributed by atoms with Gasteiger partial charge in [-0.2, -0.15) is 0 Å². The van der Waals surface area contributed by atoms with Crippen molar-refractivity contribution in [2.24, 2.45) is 11.8 Å². The summed E-state index contributed by atoms with van der Waals surface area (Å²) in [4.78, 5) is 0. The molecule has 1 fully saturated rings. The molecule has 18 heavy (non-hydrogen) atoms. The van der Waals surface area contributed by atoms with Gasteiger partial charge in [0.25, 0.3) is 0 Å². The Kier molecular flexibility index (Phi) is 4.31. The fourth-order valence-electron chi connectivity index (χ4n) is 2.74. The minimum Gasteiger partial charge on any atom is -0.495 e. The summed E-state index contributed by atoms with van der Waals surface area (Å²) in [5.74, 6) is 1.68. The van der Waals surface area contributed by atoms with Gasteiger partial charge in [-0.25, -0.2) is 0 Å². The minimum atomic E-state index is 0.292. The number of para-hydroxylation sites is 1. The number of aliphatic hydroxyl groups is 1. The van der Waals surface area contributed by atoms with E-state index in [1.54, 1.807) is 7.11 Å². The third-order valence-corrected chi connectivity index (χ3v) is 3.89. The van der Waals surface area contributed by atoms with Gasteiger partial charge >= 0.3 is 0 Å². The number of nitrogens with two attached hydrogens (primary N) is 1. The van der Waals surface area contributed by atoms with Gasteiger partial charge in [0.2, 0.25) is 0 Å². The van der Waals surface area contributed by atoms with Gasteiger partial charge in [-0.05, 0) is 36.8 Å². The SMILES string of the molecule is COc1cccc(NCC2CCCC2CO)c1N. The molecule has 4 N–H and O–H groups in total. The molecule has 100 valence electrons. The summed E-state index contributed by atoms with van der Waals surface area (Å²) in [6, 6.07) is 5.74. The van der Waals surface area contributed by atoms with Crippen LogP contribution in [0.25, 0.3) is 0 Å². The number of nitrogen functional groups attached to an aromatic ring is 1. The predicted octanol–water partition coefficient (Wildman–Crippen LogP) is 2.10.